The minimum Gasteiger partial charge on any atom is -0.330 e. The SMILES string of the molecule is Cl.NCC1CCN(Cc2ccccc2Cl)C1. The Hall–Kier alpha value is -0.280. The van der Waals surface area contributed by atoms with E-state index in [4.69, 9.17) is 17.3 Å². The lowest BCUT2D eigenvalue weighted by Gasteiger charge is -2.16. The van der Waals surface area contributed by atoms with Gasteiger partial charge in [0.15, 0.2) is 0 Å². The molecule has 0 spiro atoms. The highest BCUT2D eigenvalue weighted by molar-refractivity contribution is 6.31. The third-order valence-corrected chi connectivity index (χ3v) is 3.42. The number of likely N-dealkylation sites (tertiary alicyclic amines) is 1. The summed E-state index contributed by atoms with van der Waals surface area (Å²) in [6, 6.07) is 8.06. The Kier molecular flexibility index (Phi) is 5.56. The Morgan fingerprint density at radius 1 is 1.38 bits per heavy atom. The maximum absolute atomic E-state index is 6.12. The van der Waals surface area contributed by atoms with Gasteiger partial charge in [-0.05, 0) is 37.1 Å². The predicted molar refractivity (Wildman–Crippen MR) is 71.1 cm³/mol. The van der Waals surface area contributed by atoms with E-state index in [9.17, 15) is 0 Å². The summed E-state index contributed by atoms with van der Waals surface area (Å²) in [6.45, 7) is 4.02. The van der Waals surface area contributed by atoms with Crippen LogP contribution in [0.25, 0.3) is 0 Å². The van der Waals surface area contributed by atoms with Crippen LogP contribution in [0.15, 0.2) is 24.3 Å². The van der Waals surface area contributed by atoms with Gasteiger partial charge in [-0.25, -0.2) is 0 Å². The molecule has 2 nitrogen and oxygen atoms in total. The lowest BCUT2D eigenvalue weighted by Crippen LogP contribution is -2.22. The van der Waals surface area contributed by atoms with Crippen LogP contribution in [-0.2, 0) is 6.54 Å². The van der Waals surface area contributed by atoms with E-state index in [0.717, 1.165) is 31.2 Å². The second-order valence-corrected chi connectivity index (χ2v) is 4.62. The second-order valence-electron chi connectivity index (χ2n) is 4.22. The lowest BCUT2D eigenvalue weighted by atomic mass is 10.1. The van der Waals surface area contributed by atoms with Gasteiger partial charge >= 0.3 is 0 Å². The maximum atomic E-state index is 6.12. The van der Waals surface area contributed by atoms with Crippen molar-refractivity contribution in [2.45, 2.75) is 13.0 Å². The van der Waals surface area contributed by atoms with E-state index in [1.807, 2.05) is 18.2 Å². The number of nitrogens with two attached hydrogens (primary N) is 1. The minimum absolute atomic E-state index is 0. The van der Waals surface area contributed by atoms with Crippen molar-refractivity contribution >= 4 is 24.0 Å². The van der Waals surface area contributed by atoms with Gasteiger partial charge < -0.3 is 5.73 Å². The molecule has 0 bridgehead atoms. The molecule has 0 saturated carbocycles. The van der Waals surface area contributed by atoms with Crippen molar-refractivity contribution in [1.82, 2.24) is 4.90 Å². The summed E-state index contributed by atoms with van der Waals surface area (Å²) in [5.41, 5.74) is 6.89. The van der Waals surface area contributed by atoms with Crippen molar-refractivity contribution in [3.8, 4) is 0 Å². The van der Waals surface area contributed by atoms with E-state index in [-0.39, 0.29) is 12.4 Å². The highest BCUT2D eigenvalue weighted by Crippen LogP contribution is 2.21. The van der Waals surface area contributed by atoms with Crippen molar-refractivity contribution in [2.24, 2.45) is 11.7 Å². The van der Waals surface area contributed by atoms with Crippen LogP contribution in [-0.4, -0.2) is 24.5 Å². The molecule has 16 heavy (non-hydrogen) atoms. The van der Waals surface area contributed by atoms with Gasteiger partial charge in [-0.3, -0.25) is 4.90 Å². The fourth-order valence-electron chi connectivity index (χ4n) is 2.12. The number of halogens is 2. The molecule has 0 aromatic heterocycles. The Morgan fingerprint density at radius 2 is 2.12 bits per heavy atom. The zero-order chi connectivity index (χ0) is 10.7. The number of benzene rings is 1. The van der Waals surface area contributed by atoms with Crippen LogP contribution in [0.1, 0.15) is 12.0 Å². The van der Waals surface area contributed by atoms with Gasteiger partial charge in [0.2, 0.25) is 0 Å². The topological polar surface area (TPSA) is 29.3 Å². The van der Waals surface area contributed by atoms with E-state index in [0.29, 0.717) is 5.92 Å². The average Bonchev–Trinajstić information content (AvgIpc) is 2.69. The molecule has 2 rings (SSSR count). The Balaban J connectivity index is 0.00000128. The molecule has 1 heterocycles. The molecule has 1 unspecified atom stereocenters. The summed E-state index contributed by atoms with van der Waals surface area (Å²) >= 11 is 6.12. The summed E-state index contributed by atoms with van der Waals surface area (Å²) in [5.74, 6) is 0.674. The molecule has 0 aliphatic carbocycles. The summed E-state index contributed by atoms with van der Waals surface area (Å²) in [5, 5.41) is 0.869. The van der Waals surface area contributed by atoms with Crippen LogP contribution in [0.4, 0.5) is 0 Å². The van der Waals surface area contributed by atoms with E-state index in [1.165, 1.54) is 12.0 Å². The number of nitrogens with zero attached hydrogens (tertiary/aromatic N) is 1. The third-order valence-electron chi connectivity index (χ3n) is 3.06. The normalized spacial score (nSPS) is 20.8. The van der Waals surface area contributed by atoms with Crippen LogP contribution in [0, 0.1) is 5.92 Å². The van der Waals surface area contributed by atoms with Crippen molar-refractivity contribution < 1.29 is 0 Å². The Labute approximate surface area is 108 Å². The van der Waals surface area contributed by atoms with E-state index in [2.05, 4.69) is 11.0 Å². The molecule has 0 amide bonds. The zero-order valence-electron chi connectivity index (χ0n) is 9.23. The van der Waals surface area contributed by atoms with Crippen molar-refractivity contribution in [1.29, 1.82) is 0 Å². The van der Waals surface area contributed by atoms with Crippen LogP contribution in [0.2, 0.25) is 5.02 Å². The first kappa shape index (κ1) is 13.8. The fraction of sp³-hybridized carbons (Fsp3) is 0.500. The summed E-state index contributed by atoms with van der Waals surface area (Å²) in [7, 11) is 0. The van der Waals surface area contributed by atoms with Crippen LogP contribution in [0.3, 0.4) is 0 Å². The lowest BCUT2D eigenvalue weighted by molar-refractivity contribution is 0.318. The third kappa shape index (κ3) is 3.36. The molecule has 1 aromatic rings. The summed E-state index contributed by atoms with van der Waals surface area (Å²) in [6.07, 6.45) is 1.22. The molecule has 1 aromatic carbocycles. The zero-order valence-corrected chi connectivity index (χ0v) is 10.8. The predicted octanol–water partition coefficient (Wildman–Crippen LogP) is 2.54. The molecular weight excluding hydrogens is 243 g/mol. The molecule has 1 atom stereocenters. The quantitative estimate of drug-likeness (QED) is 0.906. The number of hydrogen-bond acceptors (Lipinski definition) is 2. The van der Waals surface area contributed by atoms with Crippen LogP contribution in [0.5, 0.6) is 0 Å². The first-order valence-electron chi connectivity index (χ1n) is 5.45. The Morgan fingerprint density at radius 3 is 2.75 bits per heavy atom. The minimum atomic E-state index is 0. The summed E-state index contributed by atoms with van der Waals surface area (Å²) in [4.78, 5) is 2.43. The molecule has 1 aliphatic rings. The van der Waals surface area contributed by atoms with Crippen LogP contribution >= 0.6 is 24.0 Å². The molecule has 2 N–H and O–H groups in total. The van der Waals surface area contributed by atoms with Crippen molar-refractivity contribution in [3.63, 3.8) is 0 Å². The molecule has 1 fully saturated rings. The first-order valence-corrected chi connectivity index (χ1v) is 5.83. The maximum Gasteiger partial charge on any atom is 0.0451 e. The van der Waals surface area contributed by atoms with Gasteiger partial charge in [0.05, 0.1) is 0 Å². The Bertz CT molecular complexity index is 331. The van der Waals surface area contributed by atoms with Gasteiger partial charge in [-0.2, -0.15) is 0 Å². The monoisotopic (exact) mass is 260 g/mol. The molecule has 1 aliphatic heterocycles. The van der Waals surface area contributed by atoms with E-state index >= 15 is 0 Å². The molecule has 4 heteroatoms. The highest BCUT2D eigenvalue weighted by atomic mass is 35.5. The van der Waals surface area contributed by atoms with E-state index in [1.54, 1.807) is 0 Å². The average molecular weight is 261 g/mol. The van der Waals surface area contributed by atoms with Crippen molar-refractivity contribution in [3.05, 3.63) is 34.9 Å². The molecule has 1 saturated heterocycles. The largest absolute Gasteiger partial charge is 0.330 e. The highest BCUT2D eigenvalue weighted by Gasteiger charge is 2.21. The molecular formula is C12H18Cl2N2. The summed E-state index contributed by atoms with van der Waals surface area (Å²) < 4.78 is 0. The second kappa shape index (κ2) is 6.45. The van der Waals surface area contributed by atoms with Gasteiger partial charge in [0.25, 0.3) is 0 Å². The van der Waals surface area contributed by atoms with Gasteiger partial charge in [-0.1, -0.05) is 29.8 Å². The van der Waals surface area contributed by atoms with Crippen LogP contribution < -0.4 is 5.73 Å². The first-order chi connectivity index (χ1) is 7.29. The number of rotatable bonds is 3. The fourth-order valence-corrected chi connectivity index (χ4v) is 2.31. The van der Waals surface area contributed by atoms with Gasteiger partial charge in [0.1, 0.15) is 0 Å². The van der Waals surface area contributed by atoms with Gasteiger partial charge in [-0.15, -0.1) is 12.4 Å². The standard InChI is InChI=1S/C12H17ClN2.ClH/c13-12-4-2-1-3-11(12)9-15-6-5-10(7-14)8-15;/h1-4,10H,5-9,14H2;1H. The van der Waals surface area contributed by atoms with E-state index < -0.39 is 0 Å². The number of hydrogen-bond donors (Lipinski definition) is 1. The molecule has 90 valence electrons. The smallest absolute Gasteiger partial charge is 0.0451 e. The molecule has 0 radical (unpaired) electrons. The van der Waals surface area contributed by atoms with Crippen molar-refractivity contribution in [2.75, 3.05) is 19.6 Å². The van der Waals surface area contributed by atoms with Gasteiger partial charge in [0, 0.05) is 18.1 Å².